The average molecular weight is 309 g/mol. The van der Waals surface area contributed by atoms with Crippen LogP contribution in [0, 0.1) is 0 Å². The number of carbonyl (C=O) groups excluding carboxylic acids is 1. The van der Waals surface area contributed by atoms with Crippen molar-refractivity contribution in [2.24, 2.45) is 0 Å². The highest BCUT2D eigenvalue weighted by molar-refractivity contribution is 5.79. The minimum Gasteiger partial charge on any atom is -0.497 e. The first-order valence-electron chi connectivity index (χ1n) is 6.90. The van der Waals surface area contributed by atoms with Crippen LogP contribution in [0.4, 0.5) is 0 Å². The minimum atomic E-state index is -0.970. The van der Waals surface area contributed by atoms with Crippen molar-refractivity contribution in [1.82, 2.24) is 5.32 Å². The molecule has 1 fully saturated rings. The van der Waals surface area contributed by atoms with Crippen LogP contribution in [-0.4, -0.2) is 49.5 Å². The molecule has 1 aromatic carbocycles. The lowest BCUT2D eigenvalue weighted by Gasteiger charge is -2.26. The highest BCUT2D eigenvalue weighted by atomic mass is 16.5. The Balaban J connectivity index is 1.86. The molecule has 22 heavy (non-hydrogen) atoms. The molecule has 1 atom stereocenters. The van der Waals surface area contributed by atoms with Gasteiger partial charge in [0.25, 0.3) is 5.91 Å². The van der Waals surface area contributed by atoms with Crippen LogP contribution in [0.3, 0.4) is 0 Å². The lowest BCUT2D eigenvalue weighted by Crippen LogP contribution is -2.51. The summed E-state index contributed by atoms with van der Waals surface area (Å²) in [7, 11) is 1.56. The van der Waals surface area contributed by atoms with Crippen molar-refractivity contribution in [3.8, 4) is 11.5 Å². The average Bonchev–Trinajstić information content (AvgIpc) is 2.92. The molecule has 0 radical (unpaired) electrons. The standard InChI is InChI=1S/C15H19NO6/c1-20-11-2-4-12(5-3-11)22-9-13(17)16-15(8-14(18)19)6-7-21-10-15/h2-5H,6-10H2,1H3,(H,16,17)(H,18,19). The predicted octanol–water partition coefficient (Wildman–Crippen LogP) is 0.824. The molecule has 1 amide bonds. The van der Waals surface area contributed by atoms with E-state index in [-0.39, 0.29) is 25.5 Å². The molecule has 0 aliphatic carbocycles. The lowest BCUT2D eigenvalue weighted by atomic mass is 9.94. The number of carboxylic acids is 1. The molecule has 1 aromatic rings. The van der Waals surface area contributed by atoms with E-state index in [1.54, 1.807) is 31.4 Å². The number of aliphatic carboxylic acids is 1. The number of nitrogens with one attached hydrogen (secondary N) is 1. The number of carbonyl (C=O) groups is 2. The second-order valence-electron chi connectivity index (χ2n) is 5.17. The maximum Gasteiger partial charge on any atom is 0.305 e. The van der Waals surface area contributed by atoms with Crippen molar-refractivity contribution in [2.75, 3.05) is 26.9 Å². The molecule has 0 spiro atoms. The Morgan fingerprint density at radius 1 is 1.32 bits per heavy atom. The Kier molecular flexibility index (Phi) is 5.21. The number of hydrogen-bond acceptors (Lipinski definition) is 5. The smallest absolute Gasteiger partial charge is 0.305 e. The largest absolute Gasteiger partial charge is 0.497 e. The van der Waals surface area contributed by atoms with Gasteiger partial charge in [-0.3, -0.25) is 9.59 Å². The molecule has 1 aliphatic rings. The van der Waals surface area contributed by atoms with Crippen molar-refractivity contribution in [3.63, 3.8) is 0 Å². The van der Waals surface area contributed by atoms with Gasteiger partial charge in [0, 0.05) is 6.61 Å². The number of ether oxygens (including phenoxy) is 3. The van der Waals surface area contributed by atoms with Crippen molar-refractivity contribution < 1.29 is 28.9 Å². The number of hydrogen-bond donors (Lipinski definition) is 2. The number of amides is 1. The van der Waals surface area contributed by atoms with Gasteiger partial charge in [-0.2, -0.15) is 0 Å². The Morgan fingerprint density at radius 2 is 2.00 bits per heavy atom. The summed E-state index contributed by atoms with van der Waals surface area (Å²) >= 11 is 0. The van der Waals surface area contributed by atoms with Gasteiger partial charge in [-0.05, 0) is 30.7 Å². The van der Waals surface area contributed by atoms with E-state index >= 15 is 0 Å². The molecule has 120 valence electrons. The molecule has 0 saturated carbocycles. The third-order valence-electron chi connectivity index (χ3n) is 3.43. The summed E-state index contributed by atoms with van der Waals surface area (Å²) in [5.74, 6) is -0.115. The van der Waals surface area contributed by atoms with E-state index in [1.165, 1.54) is 0 Å². The van der Waals surface area contributed by atoms with Crippen LogP contribution in [0.15, 0.2) is 24.3 Å². The molecule has 1 saturated heterocycles. The predicted molar refractivity (Wildman–Crippen MR) is 77.1 cm³/mol. The lowest BCUT2D eigenvalue weighted by molar-refractivity contribution is -0.139. The molecule has 1 heterocycles. The summed E-state index contributed by atoms with van der Waals surface area (Å²) in [6, 6.07) is 6.84. The molecular formula is C15H19NO6. The van der Waals surface area contributed by atoms with Gasteiger partial charge >= 0.3 is 5.97 Å². The first-order valence-corrected chi connectivity index (χ1v) is 6.90. The highest BCUT2D eigenvalue weighted by Crippen LogP contribution is 2.23. The fraction of sp³-hybridized carbons (Fsp3) is 0.467. The van der Waals surface area contributed by atoms with Gasteiger partial charge in [0.15, 0.2) is 6.61 Å². The van der Waals surface area contributed by atoms with E-state index in [2.05, 4.69) is 5.32 Å². The Bertz CT molecular complexity index is 521. The van der Waals surface area contributed by atoms with Crippen LogP contribution in [0.25, 0.3) is 0 Å². The van der Waals surface area contributed by atoms with Gasteiger partial charge in [-0.15, -0.1) is 0 Å². The van der Waals surface area contributed by atoms with Crippen molar-refractivity contribution in [2.45, 2.75) is 18.4 Å². The maximum atomic E-state index is 12.0. The molecule has 1 unspecified atom stereocenters. The van der Waals surface area contributed by atoms with Crippen molar-refractivity contribution in [1.29, 1.82) is 0 Å². The topological polar surface area (TPSA) is 94.1 Å². The summed E-state index contributed by atoms with van der Waals surface area (Å²) in [5, 5.41) is 11.7. The monoisotopic (exact) mass is 309 g/mol. The van der Waals surface area contributed by atoms with Gasteiger partial charge < -0.3 is 24.6 Å². The quantitative estimate of drug-likeness (QED) is 0.774. The van der Waals surface area contributed by atoms with E-state index in [0.29, 0.717) is 24.5 Å². The number of carboxylic acid groups (broad SMARTS) is 1. The molecule has 2 N–H and O–H groups in total. The van der Waals surface area contributed by atoms with Crippen LogP contribution in [0.5, 0.6) is 11.5 Å². The van der Waals surface area contributed by atoms with Gasteiger partial charge in [-0.1, -0.05) is 0 Å². The Labute approximate surface area is 128 Å². The molecule has 7 nitrogen and oxygen atoms in total. The van der Waals surface area contributed by atoms with Crippen LogP contribution in [-0.2, 0) is 14.3 Å². The zero-order valence-electron chi connectivity index (χ0n) is 12.3. The Hall–Kier alpha value is -2.28. The summed E-state index contributed by atoms with van der Waals surface area (Å²) in [6.45, 7) is 0.453. The second-order valence-corrected chi connectivity index (χ2v) is 5.17. The first kappa shape index (κ1) is 16.1. The number of rotatable bonds is 7. The summed E-state index contributed by atoms with van der Waals surface area (Å²) in [5.41, 5.74) is -0.841. The summed E-state index contributed by atoms with van der Waals surface area (Å²) in [6.07, 6.45) is 0.314. The highest BCUT2D eigenvalue weighted by Gasteiger charge is 2.38. The van der Waals surface area contributed by atoms with E-state index < -0.39 is 11.5 Å². The third kappa shape index (κ3) is 4.36. The van der Waals surface area contributed by atoms with Crippen LogP contribution in [0.1, 0.15) is 12.8 Å². The Morgan fingerprint density at radius 3 is 2.55 bits per heavy atom. The first-order chi connectivity index (χ1) is 10.5. The summed E-state index contributed by atoms with van der Waals surface area (Å²) < 4.78 is 15.6. The van der Waals surface area contributed by atoms with E-state index in [4.69, 9.17) is 19.3 Å². The fourth-order valence-corrected chi connectivity index (χ4v) is 2.33. The maximum absolute atomic E-state index is 12.0. The zero-order valence-corrected chi connectivity index (χ0v) is 12.3. The molecule has 2 rings (SSSR count). The number of benzene rings is 1. The summed E-state index contributed by atoms with van der Waals surface area (Å²) in [4.78, 5) is 22.9. The van der Waals surface area contributed by atoms with Gasteiger partial charge in [0.2, 0.25) is 0 Å². The molecule has 0 aromatic heterocycles. The van der Waals surface area contributed by atoms with Crippen LogP contribution < -0.4 is 14.8 Å². The van der Waals surface area contributed by atoms with Crippen LogP contribution >= 0.6 is 0 Å². The van der Waals surface area contributed by atoms with E-state index in [0.717, 1.165) is 0 Å². The fourth-order valence-electron chi connectivity index (χ4n) is 2.33. The molecule has 1 aliphatic heterocycles. The molecular weight excluding hydrogens is 290 g/mol. The van der Waals surface area contributed by atoms with E-state index in [9.17, 15) is 9.59 Å². The van der Waals surface area contributed by atoms with Crippen molar-refractivity contribution in [3.05, 3.63) is 24.3 Å². The third-order valence-corrected chi connectivity index (χ3v) is 3.43. The number of methoxy groups -OCH3 is 1. The second kappa shape index (κ2) is 7.13. The van der Waals surface area contributed by atoms with Gasteiger partial charge in [0.1, 0.15) is 11.5 Å². The molecule has 7 heteroatoms. The normalized spacial score (nSPS) is 20.4. The minimum absolute atomic E-state index is 0.165. The van der Waals surface area contributed by atoms with Gasteiger partial charge in [0.05, 0.1) is 25.7 Å². The van der Waals surface area contributed by atoms with E-state index in [1.807, 2.05) is 0 Å². The van der Waals surface area contributed by atoms with Crippen molar-refractivity contribution >= 4 is 11.9 Å². The van der Waals surface area contributed by atoms with Crippen LogP contribution in [0.2, 0.25) is 0 Å². The zero-order chi connectivity index (χ0) is 16.0. The SMILES string of the molecule is COc1ccc(OCC(=O)NC2(CC(=O)O)CCOC2)cc1. The van der Waals surface area contributed by atoms with Gasteiger partial charge in [-0.25, -0.2) is 0 Å². The molecule has 0 bridgehead atoms.